The molecule has 1 heteroatoms. The lowest BCUT2D eigenvalue weighted by molar-refractivity contribution is 0.360. The molecule has 1 aromatic carbocycles. The Kier molecular flexibility index (Phi) is 4.22. The molecule has 2 aliphatic rings. The summed E-state index contributed by atoms with van der Waals surface area (Å²) in [7, 11) is 0. The third-order valence-electron chi connectivity index (χ3n) is 5.17. The summed E-state index contributed by atoms with van der Waals surface area (Å²) in [4.78, 5) is 0. The number of nitrogens with one attached hydrogen (secondary N) is 1. The minimum Gasteiger partial charge on any atom is -0.310 e. The molecule has 1 N–H and O–H groups in total. The average molecular weight is 257 g/mol. The van der Waals surface area contributed by atoms with E-state index in [4.69, 9.17) is 0 Å². The van der Waals surface area contributed by atoms with E-state index in [1.54, 1.807) is 11.1 Å². The second-order valence-electron chi connectivity index (χ2n) is 6.34. The van der Waals surface area contributed by atoms with Crippen molar-refractivity contribution >= 4 is 0 Å². The summed E-state index contributed by atoms with van der Waals surface area (Å²) in [6.45, 7) is 3.33. The zero-order chi connectivity index (χ0) is 13.1. The summed E-state index contributed by atoms with van der Waals surface area (Å²) in [5.74, 6) is 1.71. The lowest BCUT2D eigenvalue weighted by Gasteiger charge is -2.33. The molecule has 0 amide bonds. The van der Waals surface area contributed by atoms with Crippen LogP contribution in [0.2, 0.25) is 0 Å². The maximum Gasteiger partial charge on any atom is 0.0351 e. The van der Waals surface area contributed by atoms with Crippen LogP contribution in [-0.4, -0.2) is 6.54 Å². The normalized spacial score (nSPS) is 22.4. The van der Waals surface area contributed by atoms with Crippen LogP contribution in [0.5, 0.6) is 0 Å². The molecule has 1 unspecified atom stereocenters. The van der Waals surface area contributed by atoms with Gasteiger partial charge in [0.15, 0.2) is 0 Å². The van der Waals surface area contributed by atoms with Gasteiger partial charge in [0, 0.05) is 6.04 Å². The number of benzene rings is 1. The molecule has 19 heavy (non-hydrogen) atoms. The topological polar surface area (TPSA) is 12.0 Å². The van der Waals surface area contributed by atoms with Gasteiger partial charge >= 0.3 is 0 Å². The van der Waals surface area contributed by atoms with Crippen molar-refractivity contribution in [3.8, 4) is 0 Å². The molecule has 1 aromatic rings. The molecule has 0 aromatic heterocycles. The standard InChI is InChI=1S/C18H27N/c1-2-19-18(15-8-3-4-9-15)17-13-6-5-12-16(17)14-10-7-11-14/h5-6,12-15,18-19H,2-4,7-11H2,1H3. The molecule has 2 fully saturated rings. The van der Waals surface area contributed by atoms with Crippen LogP contribution in [-0.2, 0) is 0 Å². The van der Waals surface area contributed by atoms with Gasteiger partial charge in [0.25, 0.3) is 0 Å². The largest absolute Gasteiger partial charge is 0.310 e. The molecule has 0 saturated heterocycles. The first-order valence-electron chi connectivity index (χ1n) is 8.22. The van der Waals surface area contributed by atoms with Crippen molar-refractivity contribution in [1.82, 2.24) is 5.32 Å². The van der Waals surface area contributed by atoms with E-state index in [0.29, 0.717) is 6.04 Å². The Labute approximate surface area is 117 Å². The van der Waals surface area contributed by atoms with Gasteiger partial charge in [0.2, 0.25) is 0 Å². The molecular weight excluding hydrogens is 230 g/mol. The Morgan fingerprint density at radius 1 is 1.05 bits per heavy atom. The smallest absolute Gasteiger partial charge is 0.0351 e. The summed E-state index contributed by atoms with van der Waals surface area (Å²) < 4.78 is 0. The molecule has 0 aliphatic heterocycles. The summed E-state index contributed by atoms with van der Waals surface area (Å²) in [5, 5.41) is 3.78. The van der Waals surface area contributed by atoms with Gasteiger partial charge in [-0.2, -0.15) is 0 Å². The maximum absolute atomic E-state index is 3.78. The summed E-state index contributed by atoms with van der Waals surface area (Å²) in [6, 6.07) is 9.84. The maximum atomic E-state index is 3.78. The predicted octanol–water partition coefficient (Wildman–Crippen LogP) is 4.79. The van der Waals surface area contributed by atoms with Crippen LogP contribution in [0.1, 0.15) is 75.0 Å². The van der Waals surface area contributed by atoms with Gasteiger partial charge in [-0.3, -0.25) is 0 Å². The summed E-state index contributed by atoms with van der Waals surface area (Å²) >= 11 is 0. The van der Waals surface area contributed by atoms with Gasteiger partial charge in [-0.15, -0.1) is 0 Å². The zero-order valence-corrected chi connectivity index (χ0v) is 12.2. The summed E-state index contributed by atoms with van der Waals surface area (Å²) in [6.07, 6.45) is 9.92. The van der Waals surface area contributed by atoms with E-state index in [1.165, 1.54) is 44.9 Å². The fraction of sp³-hybridized carbons (Fsp3) is 0.667. The number of rotatable bonds is 5. The van der Waals surface area contributed by atoms with Gasteiger partial charge in [0.1, 0.15) is 0 Å². The Morgan fingerprint density at radius 3 is 2.42 bits per heavy atom. The van der Waals surface area contributed by atoms with E-state index in [9.17, 15) is 0 Å². The summed E-state index contributed by atoms with van der Waals surface area (Å²) in [5.41, 5.74) is 3.26. The quantitative estimate of drug-likeness (QED) is 0.799. The number of hydrogen-bond acceptors (Lipinski definition) is 1. The minimum absolute atomic E-state index is 0.601. The number of hydrogen-bond donors (Lipinski definition) is 1. The molecule has 2 aliphatic carbocycles. The third-order valence-corrected chi connectivity index (χ3v) is 5.17. The van der Waals surface area contributed by atoms with Crippen LogP contribution in [0.3, 0.4) is 0 Å². The van der Waals surface area contributed by atoms with Crippen molar-refractivity contribution < 1.29 is 0 Å². The molecule has 3 rings (SSSR count). The molecule has 0 spiro atoms. The predicted molar refractivity (Wildman–Crippen MR) is 81.4 cm³/mol. The molecular formula is C18H27N. The van der Waals surface area contributed by atoms with Crippen molar-refractivity contribution in [3.05, 3.63) is 35.4 Å². The van der Waals surface area contributed by atoms with Gasteiger partial charge in [-0.1, -0.05) is 50.5 Å². The Hall–Kier alpha value is -0.820. The highest BCUT2D eigenvalue weighted by atomic mass is 14.9. The van der Waals surface area contributed by atoms with Crippen molar-refractivity contribution in [2.45, 2.75) is 63.8 Å². The SMILES string of the molecule is CCNC(c1ccccc1C1CCC1)C1CCCC1. The Morgan fingerprint density at radius 2 is 1.79 bits per heavy atom. The Bertz CT molecular complexity index is 402. The van der Waals surface area contributed by atoms with Crippen LogP contribution in [0.25, 0.3) is 0 Å². The van der Waals surface area contributed by atoms with Crippen LogP contribution in [0.15, 0.2) is 24.3 Å². The van der Waals surface area contributed by atoms with Gasteiger partial charge in [0.05, 0.1) is 0 Å². The molecule has 0 heterocycles. The first-order chi connectivity index (χ1) is 9.40. The third kappa shape index (κ3) is 2.72. The molecule has 104 valence electrons. The highest BCUT2D eigenvalue weighted by Gasteiger charge is 2.30. The van der Waals surface area contributed by atoms with E-state index in [-0.39, 0.29) is 0 Å². The van der Waals surface area contributed by atoms with Crippen molar-refractivity contribution in [2.24, 2.45) is 5.92 Å². The Balaban J connectivity index is 1.87. The van der Waals surface area contributed by atoms with Gasteiger partial charge in [-0.25, -0.2) is 0 Å². The molecule has 1 atom stereocenters. The first-order valence-corrected chi connectivity index (χ1v) is 8.22. The fourth-order valence-corrected chi connectivity index (χ4v) is 3.93. The highest BCUT2D eigenvalue weighted by Crippen LogP contribution is 2.43. The van der Waals surface area contributed by atoms with Crippen molar-refractivity contribution in [2.75, 3.05) is 6.54 Å². The second kappa shape index (κ2) is 6.09. The minimum atomic E-state index is 0.601. The fourth-order valence-electron chi connectivity index (χ4n) is 3.93. The van der Waals surface area contributed by atoms with E-state index in [0.717, 1.165) is 18.4 Å². The average Bonchev–Trinajstić information content (AvgIpc) is 2.88. The molecule has 0 bridgehead atoms. The van der Waals surface area contributed by atoms with Crippen molar-refractivity contribution in [1.29, 1.82) is 0 Å². The van der Waals surface area contributed by atoms with E-state index < -0.39 is 0 Å². The molecule has 0 radical (unpaired) electrons. The second-order valence-corrected chi connectivity index (χ2v) is 6.34. The van der Waals surface area contributed by atoms with Crippen LogP contribution in [0.4, 0.5) is 0 Å². The van der Waals surface area contributed by atoms with E-state index >= 15 is 0 Å². The van der Waals surface area contributed by atoms with Crippen LogP contribution in [0, 0.1) is 5.92 Å². The molecule has 2 saturated carbocycles. The lowest BCUT2D eigenvalue weighted by atomic mass is 9.75. The highest BCUT2D eigenvalue weighted by molar-refractivity contribution is 5.34. The van der Waals surface area contributed by atoms with E-state index in [2.05, 4.69) is 36.5 Å². The van der Waals surface area contributed by atoms with Crippen LogP contribution < -0.4 is 5.32 Å². The molecule has 1 nitrogen and oxygen atoms in total. The zero-order valence-electron chi connectivity index (χ0n) is 12.2. The van der Waals surface area contributed by atoms with E-state index in [1.807, 2.05) is 0 Å². The van der Waals surface area contributed by atoms with Crippen LogP contribution >= 0.6 is 0 Å². The van der Waals surface area contributed by atoms with Gasteiger partial charge in [-0.05, 0) is 55.2 Å². The monoisotopic (exact) mass is 257 g/mol. The van der Waals surface area contributed by atoms with Crippen molar-refractivity contribution in [3.63, 3.8) is 0 Å². The van der Waals surface area contributed by atoms with Gasteiger partial charge < -0.3 is 5.32 Å². The first kappa shape index (κ1) is 13.2. The lowest BCUT2D eigenvalue weighted by Crippen LogP contribution is -2.28.